The Morgan fingerprint density at radius 2 is 2.12 bits per heavy atom. The molecule has 7 heteroatoms. The molecular formula is C19H26ClN3O3. The first-order valence-corrected chi connectivity index (χ1v) is 9.56. The maximum Gasteiger partial charge on any atom is 0.241 e. The van der Waals surface area contributed by atoms with E-state index in [0.717, 1.165) is 12.8 Å². The summed E-state index contributed by atoms with van der Waals surface area (Å²) in [6, 6.07) is 7.95. The Kier molecular flexibility index (Phi) is 6.38. The van der Waals surface area contributed by atoms with Crippen molar-refractivity contribution in [2.45, 2.75) is 37.8 Å². The predicted octanol–water partition coefficient (Wildman–Crippen LogP) is 1.92. The van der Waals surface area contributed by atoms with E-state index in [2.05, 4.69) is 5.32 Å². The third-order valence-corrected chi connectivity index (χ3v) is 5.35. The first kappa shape index (κ1) is 19.0. The monoisotopic (exact) mass is 379 g/mol. The Balaban J connectivity index is 1.40. The van der Waals surface area contributed by atoms with Gasteiger partial charge in [-0.15, -0.1) is 0 Å². The molecule has 2 aliphatic heterocycles. The van der Waals surface area contributed by atoms with Gasteiger partial charge in [0.05, 0.1) is 18.2 Å². The van der Waals surface area contributed by atoms with Crippen LogP contribution >= 0.6 is 11.6 Å². The molecule has 0 saturated carbocycles. The molecule has 6 nitrogen and oxygen atoms in total. The first-order chi connectivity index (χ1) is 12.5. The van der Waals surface area contributed by atoms with Gasteiger partial charge in [-0.1, -0.05) is 23.7 Å². The van der Waals surface area contributed by atoms with Crippen molar-refractivity contribution in [3.63, 3.8) is 0 Å². The number of nitrogens with one attached hydrogen (secondary N) is 1. The van der Waals surface area contributed by atoms with Gasteiger partial charge in [0, 0.05) is 38.6 Å². The van der Waals surface area contributed by atoms with Crippen LogP contribution in [0.4, 0.5) is 0 Å². The minimum absolute atomic E-state index is 0.0335. The SMILES string of the molecule is CN(CCCOc1ccccc1Cl)C(=O)CN1C[C@@H]2CC[C@H](CC1=O)N2. The van der Waals surface area contributed by atoms with Crippen LogP contribution in [0.15, 0.2) is 24.3 Å². The minimum atomic E-state index is -0.0335. The van der Waals surface area contributed by atoms with Gasteiger partial charge in [-0.05, 0) is 31.4 Å². The Bertz CT molecular complexity index is 655. The number of benzene rings is 1. The summed E-state index contributed by atoms with van der Waals surface area (Å²) < 4.78 is 5.64. The Morgan fingerprint density at radius 3 is 2.92 bits per heavy atom. The molecule has 2 aliphatic rings. The summed E-state index contributed by atoms with van der Waals surface area (Å²) >= 11 is 6.05. The number of halogens is 1. The summed E-state index contributed by atoms with van der Waals surface area (Å²) in [7, 11) is 1.77. The van der Waals surface area contributed by atoms with Crippen LogP contribution in [0.2, 0.25) is 5.02 Å². The van der Waals surface area contributed by atoms with Crippen molar-refractivity contribution < 1.29 is 14.3 Å². The van der Waals surface area contributed by atoms with Crippen LogP contribution < -0.4 is 10.1 Å². The molecule has 26 heavy (non-hydrogen) atoms. The molecule has 0 aliphatic carbocycles. The quantitative estimate of drug-likeness (QED) is 0.735. The van der Waals surface area contributed by atoms with Gasteiger partial charge in [0.2, 0.25) is 11.8 Å². The van der Waals surface area contributed by atoms with Crippen molar-refractivity contribution in [2.24, 2.45) is 0 Å². The minimum Gasteiger partial charge on any atom is -0.492 e. The molecule has 1 aromatic carbocycles. The zero-order valence-electron chi connectivity index (χ0n) is 15.1. The summed E-state index contributed by atoms with van der Waals surface area (Å²) in [5.41, 5.74) is 0. The number of hydrogen-bond donors (Lipinski definition) is 1. The number of nitrogens with zero attached hydrogens (tertiary/aromatic N) is 2. The van der Waals surface area contributed by atoms with Crippen LogP contribution in [0.1, 0.15) is 25.7 Å². The molecule has 2 heterocycles. The standard InChI is InChI=1S/C19H26ClN3O3/c1-22(9-4-10-26-17-6-3-2-5-16(17)20)19(25)13-23-12-15-8-7-14(21-15)11-18(23)24/h2-3,5-6,14-15,21H,4,7-13H2,1H3/t14-,15+/m1/s1. The van der Waals surface area contributed by atoms with Crippen molar-refractivity contribution in [1.82, 2.24) is 15.1 Å². The Morgan fingerprint density at radius 1 is 1.35 bits per heavy atom. The number of carbonyl (C=O) groups is 2. The number of likely N-dealkylation sites (N-methyl/N-ethyl adjacent to an activating group) is 1. The molecule has 0 aromatic heterocycles. The van der Waals surface area contributed by atoms with Crippen LogP contribution in [0, 0.1) is 0 Å². The number of likely N-dealkylation sites (tertiary alicyclic amines) is 1. The summed E-state index contributed by atoms with van der Waals surface area (Å²) in [5.74, 6) is 0.697. The molecule has 0 radical (unpaired) electrons. The molecule has 3 rings (SSSR count). The van der Waals surface area contributed by atoms with Crippen LogP contribution in [0.5, 0.6) is 5.75 Å². The maximum atomic E-state index is 12.4. The van der Waals surface area contributed by atoms with Crippen molar-refractivity contribution in [1.29, 1.82) is 0 Å². The van der Waals surface area contributed by atoms with E-state index in [-0.39, 0.29) is 24.4 Å². The zero-order valence-corrected chi connectivity index (χ0v) is 15.9. The van der Waals surface area contributed by atoms with E-state index in [9.17, 15) is 9.59 Å². The number of fused-ring (bicyclic) bond motifs is 2. The summed E-state index contributed by atoms with van der Waals surface area (Å²) in [4.78, 5) is 28.1. The van der Waals surface area contributed by atoms with Crippen LogP contribution in [0.25, 0.3) is 0 Å². The maximum absolute atomic E-state index is 12.4. The highest BCUT2D eigenvalue weighted by atomic mass is 35.5. The first-order valence-electron chi connectivity index (χ1n) is 9.18. The van der Waals surface area contributed by atoms with Crippen LogP contribution in [-0.4, -0.2) is 67.0 Å². The third kappa shape index (κ3) is 4.89. The molecule has 1 N–H and O–H groups in total. The molecular weight excluding hydrogens is 354 g/mol. The summed E-state index contributed by atoms with van der Waals surface area (Å²) in [5, 5.41) is 4.05. The second-order valence-electron chi connectivity index (χ2n) is 7.06. The number of hydrogen-bond acceptors (Lipinski definition) is 4. The molecule has 2 amide bonds. The fourth-order valence-corrected chi connectivity index (χ4v) is 3.71. The molecule has 0 unspecified atom stereocenters. The number of ether oxygens (including phenoxy) is 1. The molecule has 2 atom stereocenters. The number of para-hydroxylation sites is 1. The molecule has 0 spiro atoms. The van der Waals surface area contributed by atoms with Gasteiger partial charge >= 0.3 is 0 Å². The summed E-state index contributed by atoms with van der Waals surface area (Å²) in [6.07, 6.45) is 3.34. The molecule has 1 aromatic rings. The van der Waals surface area contributed by atoms with Crippen molar-refractivity contribution in [3.8, 4) is 5.75 Å². The van der Waals surface area contributed by atoms with Gasteiger partial charge in [0.15, 0.2) is 0 Å². The van der Waals surface area contributed by atoms with Crippen molar-refractivity contribution in [3.05, 3.63) is 29.3 Å². The van der Waals surface area contributed by atoms with Crippen LogP contribution in [0.3, 0.4) is 0 Å². The number of carbonyl (C=O) groups excluding carboxylic acids is 2. The topological polar surface area (TPSA) is 61.9 Å². The van der Waals surface area contributed by atoms with Gasteiger partial charge < -0.3 is 19.9 Å². The van der Waals surface area contributed by atoms with Gasteiger partial charge in [-0.25, -0.2) is 0 Å². The fraction of sp³-hybridized carbons (Fsp3) is 0.579. The lowest BCUT2D eigenvalue weighted by Gasteiger charge is -2.26. The highest BCUT2D eigenvalue weighted by Gasteiger charge is 2.34. The average molecular weight is 380 g/mol. The fourth-order valence-electron chi connectivity index (χ4n) is 3.52. The molecule has 2 fully saturated rings. The lowest BCUT2D eigenvalue weighted by atomic mass is 10.1. The molecule has 2 saturated heterocycles. The molecule has 142 valence electrons. The van der Waals surface area contributed by atoms with E-state index in [1.54, 1.807) is 22.9 Å². The average Bonchev–Trinajstić information content (AvgIpc) is 2.99. The van der Waals surface area contributed by atoms with Gasteiger partial charge in [0.25, 0.3) is 0 Å². The van der Waals surface area contributed by atoms with E-state index in [1.165, 1.54) is 0 Å². The van der Waals surface area contributed by atoms with Gasteiger partial charge in [-0.2, -0.15) is 0 Å². The summed E-state index contributed by atoms with van der Waals surface area (Å²) in [6.45, 7) is 1.85. The normalized spacial score (nSPS) is 22.2. The Labute approximate surface area is 159 Å². The number of amides is 2. The van der Waals surface area contributed by atoms with Crippen LogP contribution in [-0.2, 0) is 9.59 Å². The lowest BCUT2D eigenvalue weighted by molar-refractivity contribution is -0.140. The van der Waals surface area contributed by atoms with Crippen molar-refractivity contribution in [2.75, 3.05) is 33.3 Å². The van der Waals surface area contributed by atoms with E-state index < -0.39 is 0 Å². The zero-order chi connectivity index (χ0) is 18.5. The van der Waals surface area contributed by atoms with E-state index in [4.69, 9.17) is 16.3 Å². The second-order valence-corrected chi connectivity index (χ2v) is 7.47. The van der Waals surface area contributed by atoms with Crippen molar-refractivity contribution >= 4 is 23.4 Å². The van der Waals surface area contributed by atoms with E-state index >= 15 is 0 Å². The van der Waals surface area contributed by atoms with Gasteiger partial charge in [-0.3, -0.25) is 9.59 Å². The lowest BCUT2D eigenvalue weighted by Crippen LogP contribution is -2.44. The van der Waals surface area contributed by atoms with E-state index in [0.29, 0.717) is 49.4 Å². The largest absolute Gasteiger partial charge is 0.492 e. The number of rotatable bonds is 7. The highest BCUT2D eigenvalue weighted by molar-refractivity contribution is 6.32. The third-order valence-electron chi connectivity index (χ3n) is 5.03. The molecule has 2 bridgehead atoms. The predicted molar refractivity (Wildman–Crippen MR) is 100 cm³/mol. The smallest absolute Gasteiger partial charge is 0.241 e. The highest BCUT2D eigenvalue weighted by Crippen LogP contribution is 2.23. The van der Waals surface area contributed by atoms with Gasteiger partial charge in [0.1, 0.15) is 5.75 Å². The second kappa shape index (κ2) is 8.73. The Hall–Kier alpha value is -1.79. The van der Waals surface area contributed by atoms with E-state index in [1.807, 2.05) is 18.2 Å².